The molecule has 0 bridgehead atoms. The molecule has 9 heteroatoms. The lowest BCUT2D eigenvalue weighted by atomic mass is 9.87. The number of nitrogens with one attached hydrogen (secondary N) is 1. The van der Waals surface area contributed by atoms with Crippen molar-refractivity contribution in [2.24, 2.45) is 0 Å². The fourth-order valence-electron chi connectivity index (χ4n) is 4.25. The molecule has 0 spiro atoms. The summed E-state index contributed by atoms with van der Waals surface area (Å²) in [6.07, 6.45) is 2.77. The van der Waals surface area contributed by atoms with Crippen molar-refractivity contribution < 1.29 is 29.3 Å². The molecule has 182 valence electrons. The van der Waals surface area contributed by atoms with Crippen LogP contribution in [0.2, 0.25) is 0 Å². The minimum Gasteiger partial charge on any atom is -0.482 e. The molecule has 0 saturated carbocycles. The van der Waals surface area contributed by atoms with E-state index >= 15 is 0 Å². The molecule has 2 amide bonds. The lowest BCUT2D eigenvalue weighted by Crippen LogP contribution is -2.56. The highest BCUT2D eigenvalue weighted by Crippen LogP contribution is 2.30. The average molecular weight is 572 g/mol. The van der Waals surface area contributed by atoms with E-state index in [2.05, 4.69) is 27.9 Å². The summed E-state index contributed by atoms with van der Waals surface area (Å²) in [5.74, 6) is 0.194. The molecule has 1 aliphatic heterocycles. The molecule has 1 fully saturated rings. The molecular weight excluding hydrogens is 539 g/mol. The van der Waals surface area contributed by atoms with Crippen LogP contribution in [0, 0.1) is 3.57 Å². The molecule has 1 aromatic rings. The first-order valence-corrected chi connectivity index (χ1v) is 12.6. The highest BCUT2D eigenvalue weighted by Gasteiger charge is 2.41. The average Bonchev–Trinajstić information content (AvgIpc) is 3.32. The Morgan fingerprint density at radius 3 is 2.79 bits per heavy atom. The van der Waals surface area contributed by atoms with Crippen molar-refractivity contribution in [2.45, 2.75) is 63.4 Å². The van der Waals surface area contributed by atoms with E-state index in [1.807, 2.05) is 31.2 Å². The van der Waals surface area contributed by atoms with E-state index in [4.69, 9.17) is 14.6 Å². The number of nitrogens with zero attached hydrogens (tertiary/aromatic N) is 1. The summed E-state index contributed by atoms with van der Waals surface area (Å²) in [6, 6.07) is 6.82. The highest BCUT2D eigenvalue weighted by atomic mass is 127. The predicted molar refractivity (Wildman–Crippen MR) is 132 cm³/mol. The largest absolute Gasteiger partial charge is 0.482 e. The van der Waals surface area contributed by atoms with E-state index in [0.29, 0.717) is 37.3 Å². The monoisotopic (exact) mass is 572 g/mol. The maximum Gasteiger partial charge on any atom is 0.247 e. The van der Waals surface area contributed by atoms with Gasteiger partial charge < -0.3 is 29.9 Å². The molecule has 1 heterocycles. The second-order valence-corrected chi connectivity index (χ2v) is 9.54. The minimum absolute atomic E-state index is 0.0675. The van der Waals surface area contributed by atoms with Gasteiger partial charge in [0, 0.05) is 38.1 Å². The second kappa shape index (κ2) is 12.7. The van der Waals surface area contributed by atoms with Gasteiger partial charge in [0.05, 0.1) is 22.3 Å². The zero-order valence-electron chi connectivity index (χ0n) is 18.9. The standard InChI is InChI=1S/C24H33IN2O6/c1-2-6-22(29)27(15-17-7-5-12-32-17)19-13-16(24(31)26-10-11-28)14-21(23(19)30)33-20-9-4-3-8-18(20)25/h3-4,8-9,14,17,19,21,23,28,30H,2,5-7,10-13,15H2,1H3,(H,26,31). The van der Waals surface area contributed by atoms with Crippen LogP contribution in [0.1, 0.15) is 39.0 Å². The molecule has 4 atom stereocenters. The number of rotatable bonds is 10. The Bertz CT molecular complexity index is 842. The number of aliphatic hydroxyl groups is 2. The summed E-state index contributed by atoms with van der Waals surface area (Å²) in [4.78, 5) is 27.6. The van der Waals surface area contributed by atoms with E-state index in [1.165, 1.54) is 0 Å². The number of halogens is 1. The van der Waals surface area contributed by atoms with Crippen molar-refractivity contribution in [3.63, 3.8) is 0 Å². The number of para-hydroxylation sites is 1. The molecule has 3 rings (SSSR count). The molecule has 1 aromatic carbocycles. The van der Waals surface area contributed by atoms with Crippen LogP contribution in [0.5, 0.6) is 5.75 Å². The summed E-state index contributed by atoms with van der Waals surface area (Å²) >= 11 is 2.16. The van der Waals surface area contributed by atoms with Gasteiger partial charge in [0.15, 0.2) is 0 Å². The molecule has 4 unspecified atom stereocenters. The third-order valence-electron chi connectivity index (χ3n) is 5.92. The van der Waals surface area contributed by atoms with Crippen molar-refractivity contribution in [3.8, 4) is 5.75 Å². The van der Waals surface area contributed by atoms with E-state index in [-0.39, 0.29) is 37.5 Å². The number of hydrogen-bond donors (Lipinski definition) is 3. The molecule has 0 aromatic heterocycles. The van der Waals surface area contributed by atoms with E-state index < -0.39 is 18.2 Å². The molecule has 8 nitrogen and oxygen atoms in total. The number of benzene rings is 1. The fourth-order valence-corrected chi connectivity index (χ4v) is 4.77. The maximum atomic E-state index is 13.1. The van der Waals surface area contributed by atoms with Gasteiger partial charge in [-0.1, -0.05) is 19.1 Å². The molecular formula is C24H33IN2O6. The summed E-state index contributed by atoms with van der Waals surface area (Å²) in [5, 5.41) is 23.1. The lowest BCUT2D eigenvalue weighted by Gasteiger charge is -2.41. The van der Waals surface area contributed by atoms with Crippen molar-refractivity contribution >= 4 is 34.4 Å². The van der Waals surface area contributed by atoms with Gasteiger partial charge in [-0.25, -0.2) is 0 Å². The first-order valence-electron chi connectivity index (χ1n) is 11.5. The Labute approximate surface area is 208 Å². The lowest BCUT2D eigenvalue weighted by molar-refractivity contribution is -0.140. The fraction of sp³-hybridized carbons (Fsp3) is 0.583. The van der Waals surface area contributed by atoms with Gasteiger partial charge >= 0.3 is 0 Å². The van der Waals surface area contributed by atoms with Crippen molar-refractivity contribution in [1.29, 1.82) is 0 Å². The van der Waals surface area contributed by atoms with Crippen molar-refractivity contribution in [3.05, 3.63) is 39.5 Å². The van der Waals surface area contributed by atoms with Crippen LogP contribution in [0.4, 0.5) is 0 Å². The first-order chi connectivity index (χ1) is 15.9. The zero-order valence-corrected chi connectivity index (χ0v) is 21.1. The number of ether oxygens (including phenoxy) is 2. The van der Waals surface area contributed by atoms with Gasteiger partial charge in [0.1, 0.15) is 18.0 Å². The maximum absolute atomic E-state index is 13.1. The molecule has 0 radical (unpaired) electrons. The van der Waals surface area contributed by atoms with Crippen molar-refractivity contribution in [2.75, 3.05) is 26.3 Å². The predicted octanol–water partition coefficient (Wildman–Crippen LogP) is 2.01. The number of aliphatic hydroxyl groups excluding tert-OH is 2. The SMILES string of the molecule is CCCC(=O)N(CC1CCCO1)C1CC(C(=O)NCCO)=CC(Oc2ccccc2I)C1O. The summed E-state index contributed by atoms with van der Waals surface area (Å²) in [7, 11) is 0. The van der Waals surface area contributed by atoms with E-state index in [1.54, 1.807) is 11.0 Å². The number of hydrogen-bond acceptors (Lipinski definition) is 6. The van der Waals surface area contributed by atoms with Crippen LogP contribution in [0.3, 0.4) is 0 Å². The Balaban J connectivity index is 1.90. The number of amides is 2. The number of carbonyl (C=O) groups excluding carboxylic acids is 2. The van der Waals surface area contributed by atoms with Gasteiger partial charge in [0.2, 0.25) is 11.8 Å². The molecule has 1 aliphatic carbocycles. The van der Waals surface area contributed by atoms with Crippen LogP contribution in [-0.2, 0) is 14.3 Å². The minimum atomic E-state index is -1.02. The van der Waals surface area contributed by atoms with Crippen LogP contribution in [0.25, 0.3) is 0 Å². The molecule has 1 saturated heterocycles. The topological polar surface area (TPSA) is 108 Å². The van der Waals surface area contributed by atoms with Gasteiger partial charge in [-0.15, -0.1) is 0 Å². The highest BCUT2D eigenvalue weighted by molar-refractivity contribution is 14.1. The van der Waals surface area contributed by atoms with Gasteiger partial charge in [-0.05, 0) is 60.1 Å². The molecule has 33 heavy (non-hydrogen) atoms. The Hall–Kier alpha value is -1.69. The van der Waals surface area contributed by atoms with Crippen LogP contribution >= 0.6 is 22.6 Å². The molecule has 3 N–H and O–H groups in total. The summed E-state index contributed by atoms with van der Waals surface area (Å²) in [6.45, 7) is 2.94. The Kier molecular flexibility index (Phi) is 9.96. The van der Waals surface area contributed by atoms with E-state index in [0.717, 1.165) is 16.4 Å². The van der Waals surface area contributed by atoms with Gasteiger partial charge in [-0.3, -0.25) is 9.59 Å². The third-order valence-corrected chi connectivity index (χ3v) is 6.81. The molecule has 2 aliphatic rings. The number of carbonyl (C=O) groups is 2. The quantitative estimate of drug-likeness (QED) is 0.371. The second-order valence-electron chi connectivity index (χ2n) is 8.38. The van der Waals surface area contributed by atoms with Crippen molar-refractivity contribution in [1.82, 2.24) is 10.2 Å². The third kappa shape index (κ3) is 6.91. The van der Waals surface area contributed by atoms with Crippen LogP contribution in [0.15, 0.2) is 35.9 Å². The van der Waals surface area contributed by atoms with Gasteiger partial charge in [0.25, 0.3) is 0 Å². The Morgan fingerprint density at radius 1 is 1.33 bits per heavy atom. The summed E-state index contributed by atoms with van der Waals surface area (Å²) in [5.41, 5.74) is 0.427. The van der Waals surface area contributed by atoms with Gasteiger partial charge in [-0.2, -0.15) is 0 Å². The zero-order chi connectivity index (χ0) is 23.8. The van der Waals surface area contributed by atoms with Crippen LogP contribution < -0.4 is 10.1 Å². The Morgan fingerprint density at radius 2 is 2.12 bits per heavy atom. The smallest absolute Gasteiger partial charge is 0.247 e. The van der Waals surface area contributed by atoms with E-state index in [9.17, 15) is 14.7 Å². The first kappa shape index (κ1) is 25.9. The van der Waals surface area contributed by atoms with Crippen LogP contribution in [-0.4, -0.2) is 77.6 Å². The summed E-state index contributed by atoms with van der Waals surface area (Å²) < 4.78 is 12.8. The normalized spacial score (nSPS) is 24.8.